The van der Waals surface area contributed by atoms with Gasteiger partial charge in [-0.2, -0.15) is 9.57 Å². The van der Waals surface area contributed by atoms with E-state index in [0.29, 0.717) is 17.1 Å². The molecule has 1 aliphatic rings. The molecule has 0 saturated carbocycles. The van der Waals surface area contributed by atoms with E-state index in [-0.39, 0.29) is 35.5 Å². The average Bonchev–Trinajstić information content (AvgIpc) is 2.73. The normalized spacial score (nSPS) is 14.2. The molecule has 0 spiro atoms. The maximum absolute atomic E-state index is 13.1. The van der Waals surface area contributed by atoms with Crippen LogP contribution in [0.2, 0.25) is 0 Å². The van der Waals surface area contributed by atoms with Gasteiger partial charge < -0.3 is 4.98 Å². The molecule has 140 valence electrons. The fourth-order valence-electron chi connectivity index (χ4n) is 3.28. The van der Waals surface area contributed by atoms with Gasteiger partial charge in [0.1, 0.15) is 11.9 Å². The number of nitriles is 1. The lowest BCUT2D eigenvalue weighted by Gasteiger charge is -2.27. The lowest BCUT2D eigenvalue weighted by Crippen LogP contribution is -2.39. The smallest absolute Gasteiger partial charge is 0.254 e. The van der Waals surface area contributed by atoms with Crippen molar-refractivity contribution in [1.82, 2.24) is 14.3 Å². The van der Waals surface area contributed by atoms with Gasteiger partial charge in [0.2, 0.25) is 10.0 Å². The number of nitrogens with zero attached hydrogens (tertiary/aromatic N) is 3. The van der Waals surface area contributed by atoms with E-state index in [4.69, 9.17) is 0 Å². The van der Waals surface area contributed by atoms with Crippen molar-refractivity contribution >= 4 is 10.0 Å². The molecule has 0 fully saturated rings. The Hall–Kier alpha value is -3.28. The third-order valence-corrected chi connectivity index (χ3v) is 6.61. The number of rotatable bonds is 3. The minimum atomic E-state index is -3.88. The number of hydrogen-bond donors (Lipinski definition) is 1. The fourth-order valence-corrected chi connectivity index (χ4v) is 4.82. The van der Waals surface area contributed by atoms with Crippen LogP contribution in [0.5, 0.6) is 0 Å². The summed E-state index contributed by atoms with van der Waals surface area (Å²) >= 11 is 0. The van der Waals surface area contributed by atoms with Crippen molar-refractivity contribution in [3.8, 4) is 17.5 Å². The first-order chi connectivity index (χ1) is 13.5. The lowest BCUT2D eigenvalue weighted by atomic mass is 10.1. The Morgan fingerprint density at radius 2 is 1.79 bits per heavy atom. The molecule has 1 N–H and O–H groups in total. The standard InChI is InChI=1S/C20H16N4O3S/c21-12-15-8-4-5-9-18(15)28(26,27)24-11-10-16-17(13-24)22-19(23-20(16)25)14-6-2-1-3-7-14/h1-9H,10-11,13H2,(H,22,23,25). The highest BCUT2D eigenvalue weighted by Crippen LogP contribution is 2.25. The predicted octanol–water partition coefficient (Wildman–Crippen LogP) is 2.06. The Labute approximate surface area is 162 Å². The van der Waals surface area contributed by atoms with E-state index in [0.717, 1.165) is 5.56 Å². The van der Waals surface area contributed by atoms with E-state index in [1.807, 2.05) is 36.4 Å². The molecular formula is C20H16N4O3S. The van der Waals surface area contributed by atoms with Gasteiger partial charge >= 0.3 is 0 Å². The second-order valence-corrected chi connectivity index (χ2v) is 8.31. The van der Waals surface area contributed by atoms with Crippen LogP contribution in [-0.4, -0.2) is 29.2 Å². The SMILES string of the molecule is N#Cc1ccccc1S(=O)(=O)N1CCc2c(nc(-c3ccccc3)[nH]c2=O)C1. The van der Waals surface area contributed by atoms with Gasteiger partial charge in [-0.3, -0.25) is 4.79 Å². The number of fused-ring (bicyclic) bond motifs is 1. The van der Waals surface area contributed by atoms with Crippen molar-refractivity contribution in [3.63, 3.8) is 0 Å². The zero-order valence-corrected chi connectivity index (χ0v) is 15.6. The molecule has 1 aromatic heterocycles. The first kappa shape index (κ1) is 18.1. The molecule has 0 radical (unpaired) electrons. The van der Waals surface area contributed by atoms with Crippen molar-refractivity contribution in [1.29, 1.82) is 5.26 Å². The summed E-state index contributed by atoms with van der Waals surface area (Å²) in [5, 5.41) is 9.25. The van der Waals surface area contributed by atoms with Crippen LogP contribution in [0.4, 0.5) is 0 Å². The highest BCUT2D eigenvalue weighted by molar-refractivity contribution is 7.89. The molecule has 7 nitrogen and oxygen atoms in total. The first-order valence-corrected chi connectivity index (χ1v) is 10.1. The molecule has 1 aliphatic heterocycles. The van der Waals surface area contributed by atoms with Crippen LogP contribution >= 0.6 is 0 Å². The summed E-state index contributed by atoms with van der Waals surface area (Å²) in [4.78, 5) is 19.7. The summed E-state index contributed by atoms with van der Waals surface area (Å²) in [5.41, 5.74) is 1.53. The maximum atomic E-state index is 13.1. The van der Waals surface area contributed by atoms with Gasteiger partial charge in [0, 0.05) is 17.7 Å². The molecule has 28 heavy (non-hydrogen) atoms. The molecule has 8 heteroatoms. The summed E-state index contributed by atoms with van der Waals surface area (Å²) < 4.78 is 27.4. The summed E-state index contributed by atoms with van der Waals surface area (Å²) in [7, 11) is -3.88. The summed E-state index contributed by atoms with van der Waals surface area (Å²) in [6.45, 7) is 0.145. The average molecular weight is 392 g/mol. The zero-order chi connectivity index (χ0) is 19.7. The molecule has 0 unspecified atom stereocenters. The largest absolute Gasteiger partial charge is 0.306 e. The summed E-state index contributed by atoms with van der Waals surface area (Å²) in [6, 6.07) is 17.2. The van der Waals surface area contributed by atoms with E-state index in [2.05, 4.69) is 9.97 Å². The van der Waals surface area contributed by atoms with Gasteiger partial charge in [-0.05, 0) is 18.6 Å². The third kappa shape index (κ3) is 3.11. The monoisotopic (exact) mass is 392 g/mol. The van der Waals surface area contributed by atoms with E-state index in [1.54, 1.807) is 12.1 Å². The van der Waals surface area contributed by atoms with Crippen LogP contribution in [0.15, 0.2) is 64.3 Å². The van der Waals surface area contributed by atoms with Crippen LogP contribution in [0.25, 0.3) is 11.4 Å². The van der Waals surface area contributed by atoms with E-state index in [1.165, 1.54) is 16.4 Å². The fraction of sp³-hybridized carbons (Fsp3) is 0.150. The minimum absolute atomic E-state index is 0.0127. The lowest BCUT2D eigenvalue weighted by molar-refractivity contribution is 0.383. The number of aromatic amines is 1. The molecule has 0 saturated heterocycles. The topological polar surface area (TPSA) is 107 Å². The number of aromatic nitrogens is 2. The predicted molar refractivity (Wildman–Crippen MR) is 103 cm³/mol. The molecule has 0 aliphatic carbocycles. The Balaban J connectivity index is 1.74. The first-order valence-electron chi connectivity index (χ1n) is 8.67. The highest BCUT2D eigenvalue weighted by atomic mass is 32.2. The van der Waals surface area contributed by atoms with Gasteiger partial charge in [-0.1, -0.05) is 42.5 Å². The molecular weight excluding hydrogens is 376 g/mol. The number of sulfonamides is 1. The Bertz CT molecular complexity index is 1240. The van der Waals surface area contributed by atoms with Crippen molar-refractivity contribution < 1.29 is 8.42 Å². The highest BCUT2D eigenvalue weighted by Gasteiger charge is 2.32. The third-order valence-electron chi connectivity index (χ3n) is 4.71. The van der Waals surface area contributed by atoms with Crippen LogP contribution in [0.1, 0.15) is 16.8 Å². The van der Waals surface area contributed by atoms with Crippen LogP contribution in [-0.2, 0) is 23.0 Å². The second kappa shape index (κ2) is 7.03. The van der Waals surface area contributed by atoms with Gasteiger partial charge in [-0.15, -0.1) is 0 Å². The number of H-pyrrole nitrogens is 1. The maximum Gasteiger partial charge on any atom is 0.254 e. The Morgan fingerprint density at radius 1 is 1.07 bits per heavy atom. The molecule has 0 bridgehead atoms. The second-order valence-electron chi connectivity index (χ2n) is 6.40. The quantitative estimate of drug-likeness (QED) is 0.734. The Kier molecular flexibility index (Phi) is 4.55. The number of hydrogen-bond acceptors (Lipinski definition) is 5. The zero-order valence-electron chi connectivity index (χ0n) is 14.8. The van der Waals surface area contributed by atoms with Crippen LogP contribution in [0.3, 0.4) is 0 Å². The van der Waals surface area contributed by atoms with E-state index < -0.39 is 10.0 Å². The number of nitrogens with one attached hydrogen (secondary N) is 1. The van der Waals surface area contributed by atoms with Crippen LogP contribution < -0.4 is 5.56 Å². The summed E-state index contributed by atoms with van der Waals surface area (Å²) in [6.07, 6.45) is 0.265. The molecule has 4 rings (SSSR count). The van der Waals surface area contributed by atoms with Crippen molar-refractivity contribution in [2.24, 2.45) is 0 Å². The Morgan fingerprint density at radius 3 is 2.54 bits per heavy atom. The molecule has 2 heterocycles. The molecule has 2 aromatic carbocycles. The molecule has 0 atom stereocenters. The van der Waals surface area contributed by atoms with Crippen molar-refractivity contribution in [3.05, 3.63) is 81.8 Å². The van der Waals surface area contributed by atoms with E-state index in [9.17, 15) is 18.5 Å². The number of benzene rings is 2. The van der Waals surface area contributed by atoms with Gasteiger partial charge in [0.25, 0.3) is 5.56 Å². The van der Waals surface area contributed by atoms with Gasteiger partial charge in [0.05, 0.1) is 22.7 Å². The van der Waals surface area contributed by atoms with Gasteiger partial charge in [-0.25, -0.2) is 13.4 Å². The van der Waals surface area contributed by atoms with E-state index >= 15 is 0 Å². The van der Waals surface area contributed by atoms with Gasteiger partial charge in [0.15, 0.2) is 0 Å². The minimum Gasteiger partial charge on any atom is -0.306 e. The van der Waals surface area contributed by atoms with Crippen molar-refractivity contribution in [2.45, 2.75) is 17.9 Å². The van der Waals surface area contributed by atoms with Crippen LogP contribution in [0, 0.1) is 11.3 Å². The molecule has 0 amide bonds. The summed E-state index contributed by atoms with van der Waals surface area (Å²) in [5.74, 6) is 0.404. The van der Waals surface area contributed by atoms with Crippen molar-refractivity contribution in [2.75, 3.05) is 6.54 Å². The molecule has 3 aromatic rings.